The number of fused-ring (bicyclic) bond motifs is 1. The first-order valence-electron chi connectivity index (χ1n) is 7.50. The third kappa shape index (κ3) is 3.56. The molecule has 120 valence electrons. The molecule has 22 heavy (non-hydrogen) atoms. The number of hydrogen-bond acceptors (Lipinski definition) is 3. The van der Waals surface area contributed by atoms with Gasteiger partial charge in [-0.2, -0.15) is 0 Å². The van der Waals surface area contributed by atoms with Gasteiger partial charge in [-0.05, 0) is 30.3 Å². The van der Waals surface area contributed by atoms with Gasteiger partial charge in [0.25, 0.3) is 5.69 Å². The normalized spacial score (nSPS) is 12.8. The Morgan fingerprint density at radius 2 is 1.95 bits per heavy atom. The second-order valence-electron chi connectivity index (χ2n) is 7.18. The molecule has 0 atom stereocenters. The number of nitro benzene ring substituents is 1. The van der Waals surface area contributed by atoms with Crippen molar-refractivity contribution in [1.82, 2.24) is 4.98 Å². The van der Waals surface area contributed by atoms with Gasteiger partial charge in [-0.1, -0.05) is 20.8 Å². The van der Waals surface area contributed by atoms with Gasteiger partial charge >= 0.3 is 0 Å². The quantitative estimate of drug-likeness (QED) is 0.495. The molecule has 1 heterocycles. The van der Waals surface area contributed by atoms with Crippen LogP contribution in [-0.4, -0.2) is 24.8 Å². The maximum atomic E-state index is 10.8. The van der Waals surface area contributed by atoms with E-state index in [-0.39, 0.29) is 15.6 Å². The van der Waals surface area contributed by atoms with Crippen molar-refractivity contribution < 1.29 is 9.35 Å². The Morgan fingerprint density at radius 1 is 1.27 bits per heavy atom. The molecule has 0 aliphatic carbocycles. The highest BCUT2D eigenvalue weighted by Gasteiger charge is 2.36. The summed E-state index contributed by atoms with van der Waals surface area (Å²) in [6.07, 6.45) is 0.787. The molecule has 1 N–H and O–H groups in total. The lowest BCUT2D eigenvalue weighted by atomic mass is 10.2. The summed E-state index contributed by atoms with van der Waals surface area (Å²) in [4.78, 5) is 13.7. The average molecular weight is 320 g/mol. The lowest BCUT2D eigenvalue weighted by molar-refractivity contribution is -0.384. The van der Waals surface area contributed by atoms with E-state index < -0.39 is 8.32 Å². The van der Waals surface area contributed by atoms with Gasteiger partial charge in [0.2, 0.25) is 0 Å². The number of benzene rings is 1. The molecular weight excluding hydrogens is 296 g/mol. The van der Waals surface area contributed by atoms with Crippen molar-refractivity contribution in [1.29, 1.82) is 0 Å². The number of nitrogens with one attached hydrogen (secondary N) is 1. The van der Waals surface area contributed by atoms with Crippen LogP contribution in [-0.2, 0) is 10.8 Å². The predicted octanol–water partition coefficient (Wildman–Crippen LogP) is 4.64. The van der Waals surface area contributed by atoms with Crippen molar-refractivity contribution in [2.45, 2.75) is 45.3 Å². The minimum atomic E-state index is -1.72. The zero-order valence-electron chi connectivity index (χ0n) is 13.9. The highest BCUT2D eigenvalue weighted by molar-refractivity contribution is 6.74. The van der Waals surface area contributed by atoms with Crippen LogP contribution in [0.4, 0.5) is 5.69 Å². The Labute approximate surface area is 132 Å². The van der Waals surface area contributed by atoms with Gasteiger partial charge in [-0.15, -0.1) is 0 Å². The van der Waals surface area contributed by atoms with Crippen LogP contribution in [0.2, 0.25) is 18.1 Å². The van der Waals surface area contributed by atoms with Gasteiger partial charge < -0.3 is 9.41 Å². The SMILES string of the molecule is CC(C)(C)[Si](C)(C)OCCc1cc2cc([N+](=O)[O-])ccc2[nH]1. The molecule has 0 spiro atoms. The Kier molecular flexibility index (Phi) is 4.44. The Balaban J connectivity index is 2.05. The molecule has 0 bridgehead atoms. The Bertz CT molecular complexity index is 686. The zero-order valence-corrected chi connectivity index (χ0v) is 14.9. The third-order valence-electron chi connectivity index (χ3n) is 4.51. The first-order valence-corrected chi connectivity index (χ1v) is 10.4. The van der Waals surface area contributed by atoms with Crippen molar-refractivity contribution in [2.24, 2.45) is 0 Å². The summed E-state index contributed by atoms with van der Waals surface area (Å²) in [5.41, 5.74) is 2.10. The van der Waals surface area contributed by atoms with Crippen LogP contribution in [0.25, 0.3) is 10.9 Å². The minimum absolute atomic E-state index is 0.121. The number of nitrogens with zero attached hydrogens (tertiary/aromatic N) is 1. The molecule has 2 aromatic rings. The topological polar surface area (TPSA) is 68.2 Å². The standard InChI is InChI=1S/C16H24N2O3Si/c1-16(2,3)22(4,5)21-9-8-13-10-12-11-14(18(19)20)6-7-15(12)17-13/h6-7,10-11,17H,8-9H2,1-5H3. The summed E-state index contributed by atoms with van der Waals surface area (Å²) in [6.45, 7) is 11.8. The smallest absolute Gasteiger partial charge is 0.270 e. The lowest BCUT2D eigenvalue weighted by Gasteiger charge is -2.36. The fourth-order valence-corrected chi connectivity index (χ4v) is 3.11. The number of rotatable bonds is 5. The molecular formula is C16H24N2O3Si. The van der Waals surface area contributed by atoms with Gasteiger partial charge in [0.1, 0.15) is 0 Å². The molecule has 0 saturated carbocycles. The molecule has 2 rings (SSSR count). The number of nitro groups is 1. The van der Waals surface area contributed by atoms with Gasteiger partial charge in [0.15, 0.2) is 8.32 Å². The summed E-state index contributed by atoms with van der Waals surface area (Å²) < 4.78 is 6.17. The first kappa shape index (κ1) is 16.7. The van der Waals surface area contributed by atoms with E-state index >= 15 is 0 Å². The molecule has 0 aliphatic heterocycles. The van der Waals surface area contributed by atoms with E-state index in [0.29, 0.717) is 6.61 Å². The van der Waals surface area contributed by atoms with Crippen LogP contribution in [0.5, 0.6) is 0 Å². The van der Waals surface area contributed by atoms with Crippen LogP contribution >= 0.6 is 0 Å². The monoisotopic (exact) mass is 320 g/mol. The molecule has 1 aromatic carbocycles. The van der Waals surface area contributed by atoms with E-state index in [0.717, 1.165) is 23.0 Å². The second kappa shape index (κ2) is 5.85. The fourth-order valence-electron chi connectivity index (χ4n) is 2.06. The fraction of sp³-hybridized carbons (Fsp3) is 0.500. The first-order chi connectivity index (χ1) is 10.1. The van der Waals surface area contributed by atoms with E-state index in [9.17, 15) is 10.1 Å². The molecule has 1 aromatic heterocycles. The van der Waals surface area contributed by atoms with Crippen LogP contribution in [0, 0.1) is 10.1 Å². The van der Waals surface area contributed by atoms with Crippen LogP contribution in [0.1, 0.15) is 26.5 Å². The van der Waals surface area contributed by atoms with E-state index in [1.54, 1.807) is 12.1 Å². The van der Waals surface area contributed by atoms with Crippen molar-refractivity contribution in [3.05, 3.63) is 40.1 Å². The largest absolute Gasteiger partial charge is 0.416 e. The lowest BCUT2D eigenvalue weighted by Crippen LogP contribution is -2.41. The molecule has 0 aliphatic rings. The number of H-pyrrole nitrogens is 1. The summed E-state index contributed by atoms with van der Waals surface area (Å²) >= 11 is 0. The van der Waals surface area contributed by atoms with Crippen molar-refractivity contribution in [3.8, 4) is 0 Å². The summed E-state index contributed by atoms with van der Waals surface area (Å²) in [5, 5.41) is 11.9. The number of hydrogen-bond donors (Lipinski definition) is 1. The second-order valence-corrected chi connectivity index (χ2v) is 12.0. The molecule has 0 unspecified atom stereocenters. The van der Waals surface area contributed by atoms with Crippen LogP contribution < -0.4 is 0 Å². The predicted molar refractivity (Wildman–Crippen MR) is 91.8 cm³/mol. The number of aromatic nitrogens is 1. The molecule has 0 radical (unpaired) electrons. The zero-order chi connectivity index (χ0) is 16.5. The molecule has 0 fully saturated rings. The molecule has 0 amide bonds. The molecule has 0 saturated heterocycles. The average Bonchev–Trinajstić information content (AvgIpc) is 2.78. The van der Waals surface area contributed by atoms with E-state index in [1.165, 1.54) is 6.07 Å². The van der Waals surface area contributed by atoms with E-state index in [4.69, 9.17) is 4.43 Å². The Hall–Kier alpha value is -1.66. The van der Waals surface area contributed by atoms with Crippen LogP contribution in [0.3, 0.4) is 0 Å². The van der Waals surface area contributed by atoms with Gasteiger partial charge in [0, 0.05) is 41.8 Å². The van der Waals surface area contributed by atoms with Gasteiger partial charge in [-0.25, -0.2) is 0 Å². The maximum absolute atomic E-state index is 10.8. The van der Waals surface area contributed by atoms with Crippen molar-refractivity contribution >= 4 is 24.9 Å². The van der Waals surface area contributed by atoms with Crippen molar-refractivity contribution in [2.75, 3.05) is 6.61 Å². The van der Waals surface area contributed by atoms with E-state index in [2.05, 4.69) is 38.8 Å². The molecule has 5 nitrogen and oxygen atoms in total. The Morgan fingerprint density at radius 3 is 2.55 bits per heavy atom. The van der Waals surface area contributed by atoms with Gasteiger partial charge in [-0.3, -0.25) is 10.1 Å². The summed E-state index contributed by atoms with van der Waals surface area (Å²) in [6, 6.07) is 6.85. The maximum Gasteiger partial charge on any atom is 0.270 e. The molecule has 6 heteroatoms. The van der Waals surface area contributed by atoms with E-state index in [1.807, 2.05) is 6.07 Å². The summed E-state index contributed by atoms with van der Waals surface area (Å²) in [7, 11) is -1.72. The highest BCUT2D eigenvalue weighted by atomic mass is 28.4. The number of non-ortho nitro benzene ring substituents is 1. The highest BCUT2D eigenvalue weighted by Crippen LogP contribution is 2.36. The minimum Gasteiger partial charge on any atom is -0.416 e. The van der Waals surface area contributed by atoms with Crippen LogP contribution in [0.15, 0.2) is 24.3 Å². The van der Waals surface area contributed by atoms with Gasteiger partial charge in [0.05, 0.1) is 4.92 Å². The van der Waals surface area contributed by atoms with Crippen molar-refractivity contribution in [3.63, 3.8) is 0 Å². The number of aromatic amines is 1. The third-order valence-corrected chi connectivity index (χ3v) is 9.05. The summed E-state index contributed by atoms with van der Waals surface area (Å²) in [5.74, 6) is 0.